The van der Waals surface area contributed by atoms with Gasteiger partial charge in [0.2, 0.25) is 5.91 Å². The number of ketones is 1. The van der Waals surface area contributed by atoms with E-state index in [1.54, 1.807) is 37.3 Å². The Kier molecular flexibility index (Phi) is 8.85. The lowest BCUT2D eigenvalue weighted by molar-refractivity contribution is -0.142. The minimum absolute atomic E-state index is 0.156. The van der Waals surface area contributed by atoms with Crippen molar-refractivity contribution in [3.8, 4) is 11.3 Å². The zero-order valence-corrected chi connectivity index (χ0v) is 19.6. The van der Waals surface area contributed by atoms with Crippen LogP contribution in [0.1, 0.15) is 49.3 Å². The predicted octanol–water partition coefficient (Wildman–Crippen LogP) is -0.370. The van der Waals surface area contributed by atoms with Crippen LogP contribution in [0.15, 0.2) is 30.3 Å². The maximum absolute atomic E-state index is 12.6. The van der Waals surface area contributed by atoms with Crippen molar-refractivity contribution in [1.82, 2.24) is 20.3 Å². The Labute approximate surface area is 206 Å². The zero-order valence-electron chi connectivity index (χ0n) is 19.6. The van der Waals surface area contributed by atoms with E-state index in [0.717, 1.165) is 4.68 Å². The number of Topliss-reactive ketones (excluding diaryl/α,β-unsaturated/α-hetero) is 1. The smallest absolute Gasteiger partial charge is 0.304 e. The van der Waals surface area contributed by atoms with Crippen LogP contribution in [0.3, 0.4) is 0 Å². The van der Waals surface area contributed by atoms with Crippen LogP contribution in [0.25, 0.3) is 11.3 Å². The second kappa shape index (κ2) is 11.8. The van der Waals surface area contributed by atoms with E-state index in [9.17, 15) is 29.4 Å². The lowest BCUT2D eigenvalue weighted by Gasteiger charge is -2.19. The van der Waals surface area contributed by atoms with Crippen LogP contribution in [0.2, 0.25) is 0 Å². The minimum atomic E-state index is -1.50. The number of nitrogens with one attached hydrogen (secondary N) is 1. The van der Waals surface area contributed by atoms with Crippen LogP contribution in [0.5, 0.6) is 0 Å². The lowest BCUT2D eigenvalue weighted by atomic mass is 9.96. The summed E-state index contributed by atoms with van der Waals surface area (Å²) in [4.78, 5) is 47.7. The summed E-state index contributed by atoms with van der Waals surface area (Å²) in [5, 5.41) is 40.5. The summed E-state index contributed by atoms with van der Waals surface area (Å²) in [6.45, 7) is 1.53. The van der Waals surface area contributed by atoms with Crippen LogP contribution in [0.4, 0.5) is 0 Å². The molecule has 0 bridgehead atoms. The molecule has 2 aromatic rings. The van der Waals surface area contributed by atoms with E-state index in [0.29, 0.717) is 12.0 Å². The molecule has 0 aliphatic carbocycles. The average molecular weight is 504 g/mol. The monoisotopic (exact) mass is 503 g/mol. The quantitative estimate of drug-likeness (QED) is 0.254. The maximum atomic E-state index is 12.6. The first-order chi connectivity index (χ1) is 17.1. The van der Waals surface area contributed by atoms with E-state index in [1.165, 1.54) is 0 Å². The number of amides is 2. The van der Waals surface area contributed by atoms with E-state index < -0.39 is 54.7 Å². The summed E-state index contributed by atoms with van der Waals surface area (Å²) in [6.07, 6.45) is -5.27. The molecule has 1 aliphatic rings. The zero-order chi connectivity index (χ0) is 26.4. The number of carbonyl (C=O) groups is 4. The van der Waals surface area contributed by atoms with E-state index in [4.69, 9.17) is 15.6 Å². The molecule has 2 heterocycles. The molecule has 1 aliphatic heterocycles. The van der Waals surface area contributed by atoms with Gasteiger partial charge in [-0.1, -0.05) is 42.5 Å². The van der Waals surface area contributed by atoms with Crippen molar-refractivity contribution < 1.29 is 39.2 Å². The first-order valence-corrected chi connectivity index (χ1v) is 11.5. The molecule has 1 saturated heterocycles. The Morgan fingerprint density at radius 1 is 1.14 bits per heavy atom. The van der Waals surface area contributed by atoms with E-state index in [2.05, 4.69) is 15.6 Å². The van der Waals surface area contributed by atoms with Gasteiger partial charge in [-0.15, -0.1) is 5.10 Å². The number of carboxylic acids is 1. The predicted molar refractivity (Wildman–Crippen MR) is 123 cm³/mol. The van der Waals surface area contributed by atoms with Crippen LogP contribution in [-0.4, -0.2) is 78.7 Å². The van der Waals surface area contributed by atoms with Crippen molar-refractivity contribution in [2.75, 3.05) is 6.54 Å². The number of primary amides is 1. The number of aliphatic hydroxyl groups is 2. The van der Waals surface area contributed by atoms with E-state index in [-0.39, 0.29) is 36.6 Å². The minimum Gasteiger partial charge on any atom is -0.481 e. The summed E-state index contributed by atoms with van der Waals surface area (Å²) in [5.74, 6) is -4.07. The van der Waals surface area contributed by atoms with Gasteiger partial charge in [0.25, 0.3) is 5.91 Å². The molecule has 5 atom stereocenters. The van der Waals surface area contributed by atoms with E-state index in [1.807, 2.05) is 0 Å². The second-order valence-corrected chi connectivity index (χ2v) is 8.54. The van der Waals surface area contributed by atoms with Gasteiger partial charge in [-0.25, -0.2) is 4.68 Å². The summed E-state index contributed by atoms with van der Waals surface area (Å²) in [7, 11) is 0. The van der Waals surface area contributed by atoms with Crippen molar-refractivity contribution >= 4 is 23.6 Å². The number of ether oxygens (including phenoxy) is 1. The number of carbonyl (C=O) groups excluding carboxylic acids is 3. The van der Waals surface area contributed by atoms with Crippen LogP contribution in [-0.2, 0) is 19.1 Å². The maximum Gasteiger partial charge on any atom is 0.304 e. The van der Waals surface area contributed by atoms with E-state index >= 15 is 0 Å². The third-order valence-electron chi connectivity index (χ3n) is 5.83. The van der Waals surface area contributed by atoms with Crippen molar-refractivity contribution in [3.63, 3.8) is 0 Å². The van der Waals surface area contributed by atoms with Gasteiger partial charge in [0.1, 0.15) is 29.8 Å². The number of nitrogens with two attached hydrogens (primary N) is 1. The Balaban J connectivity index is 1.75. The van der Waals surface area contributed by atoms with Gasteiger partial charge in [-0.3, -0.25) is 19.2 Å². The van der Waals surface area contributed by atoms with Crippen molar-refractivity contribution in [2.24, 2.45) is 11.7 Å². The highest BCUT2D eigenvalue weighted by Crippen LogP contribution is 2.33. The molecular weight excluding hydrogens is 474 g/mol. The molecule has 1 aromatic carbocycles. The third-order valence-corrected chi connectivity index (χ3v) is 5.83. The average Bonchev–Trinajstić information content (AvgIpc) is 3.39. The highest BCUT2D eigenvalue weighted by Gasteiger charge is 2.45. The number of rotatable bonds is 12. The highest BCUT2D eigenvalue weighted by atomic mass is 16.6. The number of benzene rings is 1. The first kappa shape index (κ1) is 26.9. The molecule has 1 aromatic heterocycles. The Hall–Kier alpha value is -3.68. The van der Waals surface area contributed by atoms with Crippen LogP contribution in [0, 0.1) is 5.92 Å². The number of carboxylic acid groups (broad SMARTS) is 1. The molecule has 0 saturated carbocycles. The molecule has 6 N–H and O–H groups in total. The first-order valence-electron chi connectivity index (χ1n) is 11.5. The topological polar surface area (TPSA) is 207 Å². The molecule has 36 heavy (non-hydrogen) atoms. The van der Waals surface area contributed by atoms with Crippen LogP contribution >= 0.6 is 0 Å². The Morgan fingerprint density at radius 2 is 1.83 bits per heavy atom. The molecule has 13 heteroatoms. The van der Waals surface area contributed by atoms with Gasteiger partial charge < -0.3 is 31.1 Å². The highest BCUT2D eigenvalue weighted by molar-refractivity contribution is 5.96. The molecule has 1 fully saturated rings. The molecule has 194 valence electrons. The van der Waals surface area contributed by atoms with Crippen LogP contribution < -0.4 is 11.1 Å². The normalized spacial score (nSPS) is 22.2. The number of aliphatic carboxylic acids is 1. The molecule has 3 rings (SSSR count). The summed E-state index contributed by atoms with van der Waals surface area (Å²) >= 11 is 0. The summed E-state index contributed by atoms with van der Waals surface area (Å²) in [5.41, 5.74) is 5.97. The van der Waals surface area contributed by atoms with Gasteiger partial charge in [-0.05, 0) is 6.42 Å². The van der Waals surface area contributed by atoms with Gasteiger partial charge in [-0.2, -0.15) is 0 Å². The third kappa shape index (κ3) is 6.11. The lowest BCUT2D eigenvalue weighted by Crippen LogP contribution is -2.42. The van der Waals surface area contributed by atoms with Crippen molar-refractivity contribution in [3.05, 3.63) is 36.0 Å². The molecule has 2 amide bonds. The van der Waals surface area contributed by atoms with Crippen molar-refractivity contribution in [1.29, 1.82) is 0 Å². The van der Waals surface area contributed by atoms with Gasteiger partial charge in [0.15, 0.2) is 11.9 Å². The molecule has 0 unspecified atom stereocenters. The number of hydrogen-bond acceptors (Lipinski definition) is 9. The van der Waals surface area contributed by atoms with Gasteiger partial charge >= 0.3 is 5.97 Å². The summed E-state index contributed by atoms with van der Waals surface area (Å²) in [6, 6.07) is 8.56. The largest absolute Gasteiger partial charge is 0.481 e. The number of aromatic nitrogens is 3. The summed E-state index contributed by atoms with van der Waals surface area (Å²) < 4.78 is 6.91. The molecule has 13 nitrogen and oxygen atoms in total. The molecule has 0 spiro atoms. The Morgan fingerprint density at radius 3 is 2.44 bits per heavy atom. The SMILES string of the molecule is CCCC(=O)C[C@@H](CC(=O)O)C(=O)NC[C@H]1O[C@@H](n2nnc(C(N)=O)c2-c2ccccc2)[C@H](O)[C@@H]1O. The molecule has 0 radical (unpaired) electrons. The Bertz CT molecular complexity index is 1110. The van der Waals surface area contributed by atoms with Gasteiger partial charge in [0.05, 0.1) is 12.3 Å². The molecular formula is C23H29N5O8. The standard InChI is InChI=1S/C23H29N5O8/c1-2-6-14(29)9-13(10-16(30)31)22(35)25-11-15-19(32)20(33)23(36-15)28-18(12-7-4-3-5-8-12)17(21(24)34)26-27-28/h3-5,7-8,13,15,19-20,23,32-33H,2,6,9-11H2,1H3,(H2,24,34)(H,25,35)(H,30,31)/t13-,15+,19+,20+,23+/m0/s1. The van der Waals surface area contributed by atoms with Crippen molar-refractivity contribution in [2.45, 2.75) is 57.1 Å². The fourth-order valence-electron chi connectivity index (χ4n) is 4.07. The fourth-order valence-corrected chi connectivity index (χ4v) is 4.07. The number of aliphatic hydroxyl groups excluding tert-OH is 2. The number of hydrogen-bond donors (Lipinski definition) is 5. The second-order valence-electron chi connectivity index (χ2n) is 8.54. The van der Waals surface area contributed by atoms with Gasteiger partial charge in [0, 0.05) is 24.9 Å². The number of nitrogens with zero attached hydrogens (tertiary/aromatic N) is 3. The fraction of sp³-hybridized carbons (Fsp3) is 0.478.